The molecule has 0 aromatic heterocycles. The molecule has 3 aliphatic rings. The van der Waals surface area contributed by atoms with Crippen LogP contribution in [0, 0.1) is 28.6 Å². The van der Waals surface area contributed by atoms with Crippen molar-refractivity contribution in [3.05, 3.63) is 38.0 Å². The highest BCUT2D eigenvalue weighted by atomic mass is 16.5. The summed E-state index contributed by atoms with van der Waals surface area (Å²) in [6, 6.07) is 0. The Morgan fingerprint density at radius 3 is 1.27 bits per heavy atom. The Bertz CT molecular complexity index is 623. The van der Waals surface area contributed by atoms with Crippen molar-refractivity contribution in [3.63, 3.8) is 0 Å². The van der Waals surface area contributed by atoms with Gasteiger partial charge in [-0.1, -0.05) is 18.2 Å². The van der Waals surface area contributed by atoms with Crippen molar-refractivity contribution in [2.75, 3.05) is 21.3 Å². The molecular weight excluding hydrogens is 386 g/mol. The van der Waals surface area contributed by atoms with Crippen molar-refractivity contribution in [1.29, 1.82) is 0 Å². The van der Waals surface area contributed by atoms with Gasteiger partial charge < -0.3 is 19.9 Å². The number of carbonyl (C=O) groups excluding carboxylic acids is 3. The summed E-state index contributed by atoms with van der Waals surface area (Å²) in [6.45, 7) is 14.6. The molecule has 3 fully saturated rings. The van der Waals surface area contributed by atoms with Crippen molar-refractivity contribution in [3.8, 4) is 0 Å². The van der Waals surface area contributed by atoms with Crippen molar-refractivity contribution in [1.82, 2.24) is 0 Å². The van der Waals surface area contributed by atoms with Gasteiger partial charge in [-0.3, -0.25) is 14.4 Å². The lowest BCUT2D eigenvalue weighted by Crippen LogP contribution is -2.36. The highest BCUT2D eigenvalue weighted by Gasteiger charge is 2.57. The lowest BCUT2D eigenvalue weighted by atomic mass is 10.1. The molecule has 0 amide bonds. The van der Waals surface area contributed by atoms with E-state index in [0.717, 1.165) is 12.8 Å². The van der Waals surface area contributed by atoms with Gasteiger partial charge in [0.05, 0.1) is 32.2 Å². The largest absolute Gasteiger partial charge is 0.469 e. The molecule has 168 valence electrons. The summed E-state index contributed by atoms with van der Waals surface area (Å²) in [5.41, 5.74) is 4.35. The van der Waals surface area contributed by atoms with Crippen LogP contribution < -0.4 is 5.73 Å². The Hall–Kier alpha value is -2.41. The SMILES string of the molecule is C=CC1CC1(C)C(=O)OC.C=CC1C[C@]1(C)C(=O)OC.C=CC1C[C@]1(N)C(=O)OC. The summed E-state index contributed by atoms with van der Waals surface area (Å²) < 4.78 is 13.7. The monoisotopic (exact) mass is 421 g/mol. The van der Waals surface area contributed by atoms with E-state index in [1.165, 1.54) is 21.3 Å². The number of ether oxygens (including phenoxy) is 3. The van der Waals surface area contributed by atoms with Gasteiger partial charge in [0.2, 0.25) is 0 Å². The fraction of sp³-hybridized carbons (Fsp3) is 0.609. The molecule has 7 nitrogen and oxygen atoms in total. The van der Waals surface area contributed by atoms with Crippen LogP contribution in [0.3, 0.4) is 0 Å². The highest BCUT2D eigenvalue weighted by molar-refractivity contribution is 5.85. The molecule has 0 spiro atoms. The first kappa shape index (κ1) is 25.6. The van der Waals surface area contributed by atoms with Crippen molar-refractivity contribution >= 4 is 17.9 Å². The number of hydrogen-bond acceptors (Lipinski definition) is 7. The van der Waals surface area contributed by atoms with Gasteiger partial charge in [0.25, 0.3) is 0 Å². The predicted molar refractivity (Wildman–Crippen MR) is 114 cm³/mol. The molecule has 0 aromatic rings. The van der Waals surface area contributed by atoms with Crippen molar-refractivity contribution < 1.29 is 28.6 Å². The molecule has 3 aliphatic carbocycles. The van der Waals surface area contributed by atoms with Crippen LogP contribution in [0.5, 0.6) is 0 Å². The molecule has 3 saturated carbocycles. The second-order valence-corrected chi connectivity index (χ2v) is 8.49. The third-order valence-corrected chi connectivity index (χ3v) is 6.39. The van der Waals surface area contributed by atoms with Crippen LogP contribution in [0.4, 0.5) is 0 Å². The van der Waals surface area contributed by atoms with E-state index in [9.17, 15) is 14.4 Å². The molecule has 0 aliphatic heterocycles. The van der Waals surface area contributed by atoms with Gasteiger partial charge in [-0.15, -0.1) is 19.7 Å². The third kappa shape index (κ3) is 5.19. The fourth-order valence-corrected chi connectivity index (χ4v) is 3.44. The van der Waals surface area contributed by atoms with E-state index in [-0.39, 0.29) is 34.7 Å². The minimum atomic E-state index is -0.753. The maximum Gasteiger partial charge on any atom is 0.326 e. The van der Waals surface area contributed by atoms with Crippen LogP contribution in [0.25, 0.3) is 0 Å². The first-order chi connectivity index (χ1) is 13.9. The number of rotatable bonds is 6. The van der Waals surface area contributed by atoms with E-state index in [2.05, 4.69) is 33.9 Å². The van der Waals surface area contributed by atoms with Crippen LogP contribution >= 0.6 is 0 Å². The van der Waals surface area contributed by atoms with Crippen LogP contribution in [0.2, 0.25) is 0 Å². The third-order valence-electron chi connectivity index (χ3n) is 6.39. The quantitative estimate of drug-likeness (QED) is 0.399. The van der Waals surface area contributed by atoms with E-state index in [1.54, 1.807) is 6.08 Å². The van der Waals surface area contributed by atoms with E-state index < -0.39 is 5.54 Å². The molecule has 7 heteroatoms. The minimum Gasteiger partial charge on any atom is -0.469 e. The topological polar surface area (TPSA) is 105 Å². The maximum absolute atomic E-state index is 11.0. The Labute approximate surface area is 179 Å². The highest BCUT2D eigenvalue weighted by Crippen LogP contribution is 2.54. The summed E-state index contributed by atoms with van der Waals surface area (Å²) in [5.74, 6) is 0.215. The zero-order valence-corrected chi connectivity index (χ0v) is 18.7. The smallest absolute Gasteiger partial charge is 0.326 e. The number of carbonyl (C=O) groups is 3. The summed E-state index contributed by atoms with van der Waals surface area (Å²) in [6.07, 6.45) is 7.78. The zero-order chi connectivity index (χ0) is 23.3. The summed E-state index contributed by atoms with van der Waals surface area (Å²) in [4.78, 5) is 32.9. The van der Waals surface area contributed by atoms with E-state index >= 15 is 0 Å². The number of allylic oxidation sites excluding steroid dienone is 2. The zero-order valence-electron chi connectivity index (χ0n) is 18.7. The van der Waals surface area contributed by atoms with Gasteiger partial charge in [0.15, 0.2) is 0 Å². The van der Waals surface area contributed by atoms with Crippen LogP contribution in [-0.4, -0.2) is 44.8 Å². The fourth-order valence-electron chi connectivity index (χ4n) is 3.44. The van der Waals surface area contributed by atoms with Crippen LogP contribution in [0.15, 0.2) is 38.0 Å². The van der Waals surface area contributed by atoms with Gasteiger partial charge in [-0.25, -0.2) is 0 Å². The van der Waals surface area contributed by atoms with Crippen molar-refractivity contribution in [2.24, 2.45) is 34.3 Å². The number of nitrogens with two attached hydrogens (primary N) is 1. The molecule has 3 rings (SSSR count). The Balaban J connectivity index is 0.000000225. The molecule has 2 N–H and O–H groups in total. The molecule has 0 saturated heterocycles. The maximum atomic E-state index is 11.0. The molecule has 0 aromatic carbocycles. The Kier molecular flexibility index (Phi) is 8.20. The van der Waals surface area contributed by atoms with Crippen molar-refractivity contribution in [2.45, 2.75) is 38.6 Å². The first-order valence-corrected chi connectivity index (χ1v) is 9.86. The molecule has 4 unspecified atom stereocenters. The second kappa shape index (κ2) is 9.60. The lowest BCUT2D eigenvalue weighted by Gasteiger charge is -2.05. The Morgan fingerprint density at radius 2 is 1.07 bits per heavy atom. The molecule has 30 heavy (non-hydrogen) atoms. The number of methoxy groups -OCH3 is 3. The number of esters is 3. The minimum absolute atomic E-state index is 0.111. The van der Waals surface area contributed by atoms with E-state index in [4.69, 9.17) is 5.73 Å². The second-order valence-electron chi connectivity index (χ2n) is 8.49. The summed E-state index contributed by atoms with van der Waals surface area (Å²) >= 11 is 0. The number of hydrogen-bond donors (Lipinski definition) is 1. The van der Waals surface area contributed by atoms with E-state index in [1.807, 2.05) is 26.0 Å². The van der Waals surface area contributed by atoms with Gasteiger partial charge in [0, 0.05) is 5.92 Å². The van der Waals surface area contributed by atoms with Gasteiger partial charge in [-0.05, 0) is 44.9 Å². The summed E-state index contributed by atoms with van der Waals surface area (Å²) in [7, 11) is 4.19. The first-order valence-electron chi connectivity index (χ1n) is 9.86. The molecular formula is C23H35NO6. The van der Waals surface area contributed by atoms with Gasteiger partial charge in [0.1, 0.15) is 5.54 Å². The predicted octanol–water partition coefficient (Wildman–Crippen LogP) is 2.81. The summed E-state index contributed by atoms with van der Waals surface area (Å²) in [5, 5.41) is 0. The van der Waals surface area contributed by atoms with Gasteiger partial charge >= 0.3 is 17.9 Å². The normalized spacial score (nSPS) is 36.8. The van der Waals surface area contributed by atoms with Gasteiger partial charge in [-0.2, -0.15) is 0 Å². The van der Waals surface area contributed by atoms with Crippen LogP contribution in [-0.2, 0) is 28.6 Å². The Morgan fingerprint density at radius 1 is 0.733 bits per heavy atom. The molecule has 0 heterocycles. The van der Waals surface area contributed by atoms with Crippen LogP contribution in [0.1, 0.15) is 33.1 Å². The standard InChI is InChI=1S/2C8H12O2.C7H11NO2/c2*1-4-6-5-8(6,2)7(9)10-3;1-3-5-4-7(5,8)6(9)10-2/h2*4,6H,1,5H2,2-3H3;3,5H,1,4,8H2,2H3/t6?,8-;;5?,7-/m0.1/s1. The average Bonchev–Trinajstić information content (AvgIpc) is 3.70. The average molecular weight is 422 g/mol. The molecule has 0 radical (unpaired) electrons. The van der Waals surface area contributed by atoms with E-state index in [0.29, 0.717) is 18.3 Å². The lowest BCUT2D eigenvalue weighted by molar-refractivity contribution is -0.147. The molecule has 0 bridgehead atoms. The molecule has 6 atom stereocenters.